The molecule has 0 atom stereocenters. The number of amides is 2. The summed E-state index contributed by atoms with van der Waals surface area (Å²) in [5.41, 5.74) is 3.26. The van der Waals surface area contributed by atoms with Gasteiger partial charge in [-0.15, -0.1) is 10.2 Å². The molecule has 0 spiro atoms. The molecule has 1 aromatic carbocycles. The number of nitrogens with zero attached hydrogens (tertiary/aromatic N) is 3. The number of carbonyl (C=O) groups is 2. The number of aromatic nitrogens is 2. The van der Waals surface area contributed by atoms with E-state index < -0.39 is 0 Å². The molecule has 0 saturated heterocycles. The van der Waals surface area contributed by atoms with Crippen molar-refractivity contribution in [3.63, 3.8) is 0 Å². The van der Waals surface area contributed by atoms with Crippen molar-refractivity contribution in [3.8, 4) is 5.75 Å². The van der Waals surface area contributed by atoms with Gasteiger partial charge in [-0.05, 0) is 36.2 Å². The van der Waals surface area contributed by atoms with E-state index in [-0.39, 0.29) is 18.2 Å². The van der Waals surface area contributed by atoms with Crippen molar-refractivity contribution in [2.45, 2.75) is 26.2 Å². The van der Waals surface area contributed by atoms with Crippen LogP contribution in [0, 0.1) is 0 Å². The van der Waals surface area contributed by atoms with Gasteiger partial charge in [0, 0.05) is 6.42 Å². The molecule has 132 valence electrons. The number of ether oxygens (including phenoxy) is 1. The normalized spacial score (nSPS) is 10.6. The van der Waals surface area contributed by atoms with Crippen LogP contribution in [0.25, 0.3) is 0 Å². The molecule has 0 aliphatic heterocycles. The van der Waals surface area contributed by atoms with Crippen LogP contribution in [0.1, 0.15) is 30.3 Å². The van der Waals surface area contributed by atoms with Crippen molar-refractivity contribution in [1.29, 1.82) is 0 Å². The number of hydrazone groups is 1. The Bertz CT molecular complexity index is 742. The zero-order chi connectivity index (χ0) is 18.1. The number of methoxy groups -OCH3 is 1. The van der Waals surface area contributed by atoms with Gasteiger partial charge in [0.1, 0.15) is 10.8 Å². The number of anilines is 1. The fourth-order valence-corrected chi connectivity index (χ4v) is 2.58. The molecule has 0 aliphatic carbocycles. The lowest BCUT2D eigenvalue weighted by Crippen LogP contribution is -2.19. The standard InChI is InChI=1S/C16H19N5O3S/c1-3-4-13(22)18-16-21-20-15(25-16)9-14(23)19-17-10-11-5-7-12(24-2)8-6-11/h5-8,10H,3-4,9H2,1-2H3,(H,19,23)(H,18,21,22)/b17-10-. The van der Waals surface area contributed by atoms with E-state index in [0.717, 1.165) is 17.7 Å². The van der Waals surface area contributed by atoms with Crippen molar-refractivity contribution in [1.82, 2.24) is 15.6 Å². The average Bonchev–Trinajstić information content (AvgIpc) is 3.02. The minimum Gasteiger partial charge on any atom is -0.497 e. The third-order valence-electron chi connectivity index (χ3n) is 3.02. The molecule has 8 nitrogen and oxygen atoms in total. The summed E-state index contributed by atoms with van der Waals surface area (Å²) in [7, 11) is 1.59. The fraction of sp³-hybridized carbons (Fsp3) is 0.312. The van der Waals surface area contributed by atoms with Crippen LogP contribution >= 0.6 is 11.3 Å². The minimum atomic E-state index is -0.313. The Morgan fingerprint density at radius 1 is 1.24 bits per heavy atom. The zero-order valence-electron chi connectivity index (χ0n) is 14.0. The lowest BCUT2D eigenvalue weighted by atomic mass is 10.2. The van der Waals surface area contributed by atoms with Crippen LogP contribution in [-0.4, -0.2) is 35.3 Å². The second-order valence-electron chi connectivity index (χ2n) is 5.04. The molecule has 25 heavy (non-hydrogen) atoms. The lowest BCUT2D eigenvalue weighted by Gasteiger charge is -1.99. The topological polar surface area (TPSA) is 106 Å². The van der Waals surface area contributed by atoms with E-state index >= 15 is 0 Å². The van der Waals surface area contributed by atoms with Gasteiger partial charge in [-0.1, -0.05) is 18.3 Å². The van der Waals surface area contributed by atoms with E-state index in [2.05, 4.69) is 26.0 Å². The first-order valence-electron chi connectivity index (χ1n) is 7.69. The van der Waals surface area contributed by atoms with Gasteiger partial charge in [0.25, 0.3) is 0 Å². The fourth-order valence-electron chi connectivity index (χ4n) is 1.83. The largest absolute Gasteiger partial charge is 0.497 e. The molecule has 0 saturated carbocycles. The maximum Gasteiger partial charge on any atom is 0.247 e. The van der Waals surface area contributed by atoms with E-state index in [4.69, 9.17) is 4.74 Å². The van der Waals surface area contributed by atoms with Gasteiger partial charge < -0.3 is 10.1 Å². The molecule has 9 heteroatoms. The zero-order valence-corrected chi connectivity index (χ0v) is 14.8. The summed E-state index contributed by atoms with van der Waals surface area (Å²) in [4.78, 5) is 23.3. The molecule has 0 bridgehead atoms. The van der Waals surface area contributed by atoms with Gasteiger partial charge >= 0.3 is 0 Å². The highest BCUT2D eigenvalue weighted by atomic mass is 32.1. The predicted molar refractivity (Wildman–Crippen MR) is 95.9 cm³/mol. The van der Waals surface area contributed by atoms with Gasteiger partial charge in [0.05, 0.1) is 19.7 Å². The molecule has 2 N–H and O–H groups in total. The monoisotopic (exact) mass is 361 g/mol. The SMILES string of the molecule is CCCC(=O)Nc1nnc(CC(=O)N/N=C\c2ccc(OC)cc2)s1. The van der Waals surface area contributed by atoms with Crippen molar-refractivity contribution >= 4 is 34.5 Å². The Morgan fingerprint density at radius 3 is 2.68 bits per heavy atom. The van der Waals surface area contributed by atoms with Gasteiger partial charge in [-0.2, -0.15) is 5.10 Å². The molecule has 0 radical (unpaired) electrons. The Balaban J connectivity index is 1.80. The molecule has 1 aromatic heterocycles. The van der Waals surface area contributed by atoms with Gasteiger partial charge in [0.2, 0.25) is 16.9 Å². The molecule has 0 unspecified atom stereocenters. The summed E-state index contributed by atoms with van der Waals surface area (Å²) >= 11 is 1.17. The molecule has 0 aliphatic rings. The highest BCUT2D eigenvalue weighted by Gasteiger charge is 2.10. The molecule has 2 amide bonds. The van der Waals surface area contributed by atoms with Gasteiger partial charge in [0.15, 0.2) is 0 Å². The van der Waals surface area contributed by atoms with Crippen molar-refractivity contribution in [3.05, 3.63) is 34.8 Å². The van der Waals surface area contributed by atoms with E-state index in [0.29, 0.717) is 16.6 Å². The highest BCUT2D eigenvalue weighted by molar-refractivity contribution is 7.15. The number of rotatable bonds is 8. The molecular weight excluding hydrogens is 342 g/mol. The molecule has 2 aromatic rings. The molecular formula is C16H19N5O3S. The maximum atomic E-state index is 11.8. The Kier molecular flexibility index (Phi) is 7.02. The Morgan fingerprint density at radius 2 is 2.00 bits per heavy atom. The summed E-state index contributed by atoms with van der Waals surface area (Å²) < 4.78 is 5.07. The Labute approximate surface area is 149 Å². The summed E-state index contributed by atoms with van der Waals surface area (Å²) in [5, 5.41) is 15.2. The number of hydrogen-bond donors (Lipinski definition) is 2. The van der Waals surface area contributed by atoms with Crippen LogP contribution in [-0.2, 0) is 16.0 Å². The van der Waals surface area contributed by atoms with E-state index in [9.17, 15) is 9.59 Å². The number of nitrogens with one attached hydrogen (secondary N) is 2. The average molecular weight is 361 g/mol. The first-order chi connectivity index (χ1) is 12.1. The molecule has 0 fully saturated rings. The van der Waals surface area contributed by atoms with Crippen molar-refractivity contribution in [2.75, 3.05) is 12.4 Å². The third kappa shape index (κ3) is 6.30. The molecule has 1 heterocycles. The van der Waals surface area contributed by atoms with Crippen molar-refractivity contribution < 1.29 is 14.3 Å². The van der Waals surface area contributed by atoms with Crippen LogP contribution in [0.2, 0.25) is 0 Å². The van der Waals surface area contributed by atoms with E-state index in [1.54, 1.807) is 19.2 Å². The number of benzene rings is 1. The second kappa shape index (κ2) is 9.48. The van der Waals surface area contributed by atoms with Crippen LogP contribution in [0.4, 0.5) is 5.13 Å². The highest BCUT2D eigenvalue weighted by Crippen LogP contribution is 2.16. The first-order valence-corrected chi connectivity index (χ1v) is 8.50. The van der Waals surface area contributed by atoms with E-state index in [1.807, 2.05) is 19.1 Å². The summed E-state index contributed by atoms with van der Waals surface area (Å²) in [6.45, 7) is 1.92. The van der Waals surface area contributed by atoms with Crippen molar-refractivity contribution in [2.24, 2.45) is 5.10 Å². The van der Waals surface area contributed by atoms with Crippen LogP contribution in [0.3, 0.4) is 0 Å². The van der Waals surface area contributed by atoms with E-state index in [1.165, 1.54) is 17.6 Å². The summed E-state index contributed by atoms with van der Waals surface area (Å²) in [5.74, 6) is 0.324. The van der Waals surface area contributed by atoms with Crippen LogP contribution in [0.15, 0.2) is 29.4 Å². The Hall–Kier alpha value is -2.81. The number of carbonyl (C=O) groups excluding carboxylic acids is 2. The first kappa shape index (κ1) is 18.5. The minimum absolute atomic E-state index is 0.0429. The van der Waals surface area contributed by atoms with Gasteiger partial charge in [-0.25, -0.2) is 5.43 Å². The molecule has 2 rings (SSSR count). The number of hydrogen-bond acceptors (Lipinski definition) is 7. The third-order valence-corrected chi connectivity index (χ3v) is 3.86. The van der Waals surface area contributed by atoms with Crippen LogP contribution in [0.5, 0.6) is 5.75 Å². The lowest BCUT2D eigenvalue weighted by molar-refractivity contribution is -0.120. The smallest absolute Gasteiger partial charge is 0.247 e. The maximum absolute atomic E-state index is 11.8. The summed E-state index contributed by atoms with van der Waals surface area (Å²) in [6.07, 6.45) is 2.76. The quantitative estimate of drug-likeness (QED) is 0.552. The second-order valence-corrected chi connectivity index (χ2v) is 6.10. The predicted octanol–water partition coefficient (Wildman–Crippen LogP) is 1.98. The van der Waals surface area contributed by atoms with Crippen LogP contribution < -0.4 is 15.5 Å². The van der Waals surface area contributed by atoms with Gasteiger partial charge in [-0.3, -0.25) is 9.59 Å². The summed E-state index contributed by atoms with van der Waals surface area (Å²) in [6, 6.07) is 7.26.